The fourth-order valence-electron chi connectivity index (χ4n) is 1.56. The van der Waals surface area contributed by atoms with Crippen LogP contribution in [0.1, 0.15) is 11.7 Å². The van der Waals surface area contributed by atoms with Gasteiger partial charge in [0.15, 0.2) is 11.5 Å². The number of hydrogen-bond donors (Lipinski definition) is 2. The number of halogens is 1. The number of aromatic hydroxyl groups is 1. The van der Waals surface area contributed by atoms with Crippen molar-refractivity contribution in [2.24, 2.45) is 0 Å². The summed E-state index contributed by atoms with van der Waals surface area (Å²) >= 11 is 3.30. The van der Waals surface area contributed by atoms with Crippen LogP contribution in [0.25, 0.3) is 0 Å². The second-order valence-electron chi connectivity index (χ2n) is 3.32. The van der Waals surface area contributed by atoms with Gasteiger partial charge in [0.25, 0.3) is 0 Å². The summed E-state index contributed by atoms with van der Waals surface area (Å²) in [5.41, 5.74) is 0.518. The molecule has 1 aromatic rings. The van der Waals surface area contributed by atoms with Gasteiger partial charge in [0.1, 0.15) is 6.10 Å². The summed E-state index contributed by atoms with van der Waals surface area (Å²) in [5.74, 6) is 0.333. The van der Waals surface area contributed by atoms with E-state index < -0.39 is 12.2 Å². The Bertz CT molecular complexity index is 435. The Morgan fingerprint density at radius 2 is 2.38 bits per heavy atom. The molecule has 1 unspecified atom stereocenters. The third kappa shape index (κ3) is 1.92. The van der Waals surface area contributed by atoms with Gasteiger partial charge < -0.3 is 19.9 Å². The van der Waals surface area contributed by atoms with Gasteiger partial charge in [-0.15, -0.1) is 0 Å². The van der Waals surface area contributed by atoms with Crippen LogP contribution in [0, 0.1) is 0 Å². The Hall–Kier alpha value is -1.43. The predicted octanol–water partition coefficient (Wildman–Crippen LogP) is 1.94. The maximum Gasteiger partial charge on any atom is 0.407 e. The number of rotatable bonds is 2. The zero-order valence-electron chi connectivity index (χ0n) is 8.49. The maximum atomic E-state index is 10.9. The molecule has 0 spiro atoms. The minimum atomic E-state index is -0.487. The fourth-order valence-corrected chi connectivity index (χ4v) is 2.01. The molecule has 0 radical (unpaired) electrons. The first-order chi connectivity index (χ1) is 7.61. The first-order valence-electron chi connectivity index (χ1n) is 4.62. The van der Waals surface area contributed by atoms with Crippen molar-refractivity contribution in [3.05, 3.63) is 22.2 Å². The summed E-state index contributed by atoms with van der Waals surface area (Å²) in [6, 6.07) is 3.34. The molecule has 1 saturated heterocycles. The number of carbonyl (C=O) groups is 1. The lowest BCUT2D eigenvalue weighted by Crippen LogP contribution is -2.12. The van der Waals surface area contributed by atoms with Gasteiger partial charge in [-0.2, -0.15) is 0 Å². The van der Waals surface area contributed by atoms with Crippen molar-refractivity contribution in [1.29, 1.82) is 0 Å². The van der Waals surface area contributed by atoms with Gasteiger partial charge in [-0.05, 0) is 12.1 Å². The van der Waals surface area contributed by atoms with Gasteiger partial charge in [-0.1, -0.05) is 15.9 Å². The SMILES string of the molecule is COc1cc(Br)cc(C2CNC(=O)O2)c1O. The number of alkyl carbamates (subject to hydrolysis) is 1. The number of ether oxygens (including phenoxy) is 2. The van der Waals surface area contributed by atoms with E-state index in [-0.39, 0.29) is 5.75 Å². The Morgan fingerprint density at radius 3 is 2.94 bits per heavy atom. The van der Waals surface area contributed by atoms with E-state index in [1.165, 1.54) is 7.11 Å². The first-order valence-corrected chi connectivity index (χ1v) is 5.42. The molecule has 2 rings (SSSR count). The van der Waals surface area contributed by atoms with Crippen molar-refractivity contribution < 1.29 is 19.4 Å². The van der Waals surface area contributed by atoms with Crippen LogP contribution in [0.2, 0.25) is 0 Å². The minimum Gasteiger partial charge on any atom is -0.504 e. The Kier molecular flexibility index (Phi) is 2.91. The van der Waals surface area contributed by atoms with E-state index in [1.54, 1.807) is 12.1 Å². The Balaban J connectivity index is 2.40. The van der Waals surface area contributed by atoms with E-state index in [4.69, 9.17) is 9.47 Å². The highest BCUT2D eigenvalue weighted by Gasteiger charge is 2.28. The zero-order valence-corrected chi connectivity index (χ0v) is 10.1. The lowest BCUT2D eigenvalue weighted by atomic mass is 10.1. The number of phenols is 1. The Morgan fingerprint density at radius 1 is 1.62 bits per heavy atom. The van der Waals surface area contributed by atoms with Crippen LogP contribution >= 0.6 is 15.9 Å². The van der Waals surface area contributed by atoms with Crippen molar-refractivity contribution in [1.82, 2.24) is 5.32 Å². The molecule has 1 aliphatic heterocycles. The van der Waals surface area contributed by atoms with E-state index >= 15 is 0 Å². The summed E-state index contributed by atoms with van der Waals surface area (Å²) in [6.07, 6.45) is -0.970. The largest absolute Gasteiger partial charge is 0.504 e. The molecular weight excluding hydrogens is 278 g/mol. The molecule has 0 saturated carbocycles. The van der Waals surface area contributed by atoms with Crippen LogP contribution in [-0.4, -0.2) is 24.9 Å². The highest BCUT2D eigenvalue weighted by Crippen LogP contribution is 2.38. The molecule has 0 bridgehead atoms. The highest BCUT2D eigenvalue weighted by atomic mass is 79.9. The van der Waals surface area contributed by atoms with Crippen LogP contribution < -0.4 is 10.1 Å². The molecule has 0 aliphatic carbocycles. The summed E-state index contributed by atoms with van der Waals surface area (Å²) in [5, 5.41) is 12.4. The van der Waals surface area contributed by atoms with Gasteiger partial charge in [0, 0.05) is 10.0 Å². The summed E-state index contributed by atoms with van der Waals surface area (Å²) < 4.78 is 10.8. The monoisotopic (exact) mass is 287 g/mol. The molecule has 6 heteroatoms. The van der Waals surface area contributed by atoms with Crippen LogP contribution in [0.4, 0.5) is 4.79 Å². The Labute approximate surface area is 100 Å². The van der Waals surface area contributed by atoms with Crippen molar-refractivity contribution >= 4 is 22.0 Å². The zero-order chi connectivity index (χ0) is 11.7. The molecular formula is C10H10BrNO4. The second-order valence-corrected chi connectivity index (χ2v) is 4.24. The van der Waals surface area contributed by atoms with E-state index in [9.17, 15) is 9.90 Å². The summed E-state index contributed by atoms with van der Waals surface area (Å²) in [4.78, 5) is 10.9. The average molecular weight is 288 g/mol. The molecule has 1 atom stereocenters. The second kappa shape index (κ2) is 4.21. The van der Waals surface area contributed by atoms with Gasteiger partial charge in [0.2, 0.25) is 0 Å². The van der Waals surface area contributed by atoms with E-state index in [2.05, 4.69) is 21.2 Å². The van der Waals surface area contributed by atoms with Crippen LogP contribution in [0.3, 0.4) is 0 Å². The molecule has 1 heterocycles. The highest BCUT2D eigenvalue weighted by molar-refractivity contribution is 9.10. The van der Waals surface area contributed by atoms with Crippen LogP contribution in [0.5, 0.6) is 11.5 Å². The lowest BCUT2D eigenvalue weighted by molar-refractivity contribution is 0.139. The van der Waals surface area contributed by atoms with Crippen molar-refractivity contribution in [2.75, 3.05) is 13.7 Å². The predicted molar refractivity (Wildman–Crippen MR) is 59.6 cm³/mol. The molecule has 5 nitrogen and oxygen atoms in total. The lowest BCUT2D eigenvalue weighted by Gasteiger charge is -2.13. The van der Waals surface area contributed by atoms with Crippen molar-refractivity contribution in [3.63, 3.8) is 0 Å². The molecule has 86 valence electrons. The molecule has 16 heavy (non-hydrogen) atoms. The molecule has 1 amide bonds. The van der Waals surface area contributed by atoms with Crippen LogP contribution in [0.15, 0.2) is 16.6 Å². The van der Waals surface area contributed by atoms with Gasteiger partial charge >= 0.3 is 6.09 Å². The first kappa shape index (κ1) is 11.1. The van der Waals surface area contributed by atoms with E-state index in [0.29, 0.717) is 17.9 Å². The van der Waals surface area contributed by atoms with Gasteiger partial charge in [0.05, 0.1) is 13.7 Å². The van der Waals surface area contributed by atoms with Gasteiger partial charge in [-0.25, -0.2) is 4.79 Å². The van der Waals surface area contributed by atoms with Gasteiger partial charge in [-0.3, -0.25) is 0 Å². The minimum absolute atomic E-state index is 0.00722. The van der Waals surface area contributed by atoms with E-state index in [0.717, 1.165) is 4.47 Å². The number of hydrogen-bond acceptors (Lipinski definition) is 4. The maximum absolute atomic E-state index is 10.9. The number of methoxy groups -OCH3 is 1. The average Bonchev–Trinajstić information content (AvgIpc) is 2.67. The van der Waals surface area contributed by atoms with Crippen molar-refractivity contribution in [3.8, 4) is 11.5 Å². The van der Waals surface area contributed by atoms with E-state index in [1.807, 2.05) is 0 Å². The third-order valence-electron chi connectivity index (χ3n) is 2.32. The number of nitrogens with one attached hydrogen (secondary N) is 1. The number of cyclic esters (lactones) is 1. The third-order valence-corrected chi connectivity index (χ3v) is 2.77. The molecule has 2 N–H and O–H groups in total. The topological polar surface area (TPSA) is 67.8 Å². The molecule has 1 aliphatic rings. The number of phenolic OH excluding ortho intramolecular Hbond substituents is 1. The van der Waals surface area contributed by atoms with Crippen molar-refractivity contribution in [2.45, 2.75) is 6.10 Å². The standard InChI is InChI=1S/C10H10BrNO4/c1-15-7-3-5(11)2-6(9(7)13)8-4-12-10(14)16-8/h2-3,8,13H,4H2,1H3,(H,12,14). The quantitative estimate of drug-likeness (QED) is 0.872. The number of carbonyl (C=O) groups excluding carboxylic acids is 1. The summed E-state index contributed by atoms with van der Waals surface area (Å²) in [7, 11) is 1.46. The summed E-state index contributed by atoms with van der Waals surface area (Å²) in [6.45, 7) is 0.339. The molecule has 0 aromatic heterocycles. The number of benzene rings is 1. The van der Waals surface area contributed by atoms with Crippen LogP contribution in [-0.2, 0) is 4.74 Å². The normalized spacial score (nSPS) is 19.1. The number of amides is 1. The fraction of sp³-hybridized carbons (Fsp3) is 0.300. The smallest absolute Gasteiger partial charge is 0.407 e. The molecule has 1 aromatic carbocycles. The molecule has 1 fully saturated rings.